The lowest BCUT2D eigenvalue weighted by atomic mass is 9.86. The molecule has 0 unspecified atom stereocenters. The van der Waals surface area contributed by atoms with Gasteiger partial charge in [-0.3, -0.25) is 4.79 Å². The molecule has 2 N–H and O–H groups in total. The first-order chi connectivity index (χ1) is 12.8. The van der Waals surface area contributed by atoms with Crippen LogP contribution in [0.3, 0.4) is 0 Å². The average Bonchev–Trinajstić information content (AvgIpc) is 3.05. The minimum absolute atomic E-state index is 0.0789. The smallest absolute Gasteiger partial charge is 0.306 e. The molecule has 1 aromatic heterocycles. The Labute approximate surface area is 165 Å². The molecule has 1 aliphatic carbocycles. The molecule has 0 aliphatic heterocycles. The zero-order valence-corrected chi connectivity index (χ0v) is 17.0. The van der Waals surface area contributed by atoms with Crippen molar-refractivity contribution in [1.82, 2.24) is 15.1 Å². The number of halogens is 1. The van der Waals surface area contributed by atoms with Crippen LogP contribution in [-0.4, -0.2) is 26.9 Å². The quantitative estimate of drug-likeness (QED) is 0.786. The number of nitrogens with zero attached hydrogens (tertiary/aromatic N) is 2. The topological polar surface area (TPSA) is 67.2 Å². The molecule has 146 valence electrons. The van der Waals surface area contributed by atoms with E-state index in [-0.39, 0.29) is 11.3 Å². The Bertz CT molecular complexity index is 802. The van der Waals surface area contributed by atoms with Gasteiger partial charge < -0.3 is 10.4 Å². The first kappa shape index (κ1) is 19.9. The molecule has 1 aromatic carbocycles. The lowest BCUT2D eigenvalue weighted by Crippen LogP contribution is -2.35. The summed E-state index contributed by atoms with van der Waals surface area (Å²) in [5.41, 5.74) is 3.00. The van der Waals surface area contributed by atoms with Crippen LogP contribution in [0.2, 0.25) is 5.02 Å². The highest BCUT2D eigenvalue weighted by Gasteiger charge is 2.27. The molecule has 0 amide bonds. The fourth-order valence-corrected chi connectivity index (χ4v) is 3.95. The largest absolute Gasteiger partial charge is 0.481 e. The summed E-state index contributed by atoms with van der Waals surface area (Å²) >= 11 is 6.35. The third-order valence-corrected chi connectivity index (χ3v) is 5.58. The van der Waals surface area contributed by atoms with Crippen LogP contribution >= 0.6 is 11.6 Å². The second-order valence-electron chi connectivity index (χ2n) is 8.42. The number of aliphatic carboxylic acids is 1. The van der Waals surface area contributed by atoms with Crippen LogP contribution in [0.5, 0.6) is 0 Å². The van der Waals surface area contributed by atoms with Crippen LogP contribution in [0, 0.1) is 5.92 Å². The Hall–Kier alpha value is -1.85. The summed E-state index contributed by atoms with van der Waals surface area (Å²) in [6.45, 7) is 7.20. The lowest BCUT2D eigenvalue weighted by Gasteiger charge is -2.27. The lowest BCUT2D eigenvalue weighted by molar-refractivity contribution is -0.142. The van der Waals surface area contributed by atoms with Crippen molar-refractivity contribution in [1.29, 1.82) is 0 Å². The molecule has 1 saturated carbocycles. The van der Waals surface area contributed by atoms with E-state index in [9.17, 15) is 4.79 Å². The van der Waals surface area contributed by atoms with Gasteiger partial charge in [0.2, 0.25) is 0 Å². The molecule has 1 fully saturated rings. The predicted molar refractivity (Wildman–Crippen MR) is 107 cm³/mol. The van der Waals surface area contributed by atoms with Gasteiger partial charge in [-0.2, -0.15) is 5.10 Å². The molecule has 2 aromatic rings. The van der Waals surface area contributed by atoms with Gasteiger partial charge in [0.15, 0.2) is 0 Å². The maximum Gasteiger partial charge on any atom is 0.306 e. The van der Waals surface area contributed by atoms with E-state index in [0.717, 1.165) is 49.2 Å². The van der Waals surface area contributed by atoms with Crippen LogP contribution in [0.15, 0.2) is 30.5 Å². The number of para-hydroxylation sites is 1. The number of carbonyl (C=O) groups is 1. The zero-order chi connectivity index (χ0) is 19.6. The Kier molecular flexibility index (Phi) is 5.92. The van der Waals surface area contributed by atoms with E-state index in [1.165, 1.54) is 0 Å². The van der Waals surface area contributed by atoms with Gasteiger partial charge in [0.05, 0.1) is 22.3 Å². The van der Waals surface area contributed by atoms with Crippen molar-refractivity contribution in [2.75, 3.05) is 0 Å². The molecular weight excluding hydrogens is 362 g/mol. The molecular formula is C21H28ClN3O2. The van der Waals surface area contributed by atoms with Gasteiger partial charge in [-0.05, 0) is 37.8 Å². The number of hydrogen-bond acceptors (Lipinski definition) is 3. The minimum atomic E-state index is -0.663. The Morgan fingerprint density at radius 3 is 2.52 bits per heavy atom. The molecule has 6 heteroatoms. The molecule has 0 atom stereocenters. The molecule has 0 bridgehead atoms. The number of rotatable bonds is 5. The summed E-state index contributed by atoms with van der Waals surface area (Å²) in [6, 6.07) is 8.06. The molecule has 1 heterocycles. The number of nitrogens with one attached hydrogen (secondary N) is 1. The van der Waals surface area contributed by atoms with E-state index in [2.05, 4.69) is 32.3 Å². The minimum Gasteiger partial charge on any atom is -0.481 e. The zero-order valence-electron chi connectivity index (χ0n) is 16.2. The van der Waals surface area contributed by atoms with E-state index in [1.807, 2.05) is 28.9 Å². The van der Waals surface area contributed by atoms with Crippen LogP contribution in [-0.2, 0) is 16.8 Å². The molecule has 0 radical (unpaired) electrons. The summed E-state index contributed by atoms with van der Waals surface area (Å²) in [5, 5.41) is 18.3. The van der Waals surface area contributed by atoms with Crippen LogP contribution in [0.25, 0.3) is 5.69 Å². The monoisotopic (exact) mass is 389 g/mol. The molecule has 3 rings (SSSR count). The molecule has 0 spiro atoms. The van der Waals surface area contributed by atoms with E-state index in [0.29, 0.717) is 11.1 Å². The van der Waals surface area contributed by atoms with Crippen molar-refractivity contribution in [3.63, 3.8) is 0 Å². The molecule has 27 heavy (non-hydrogen) atoms. The van der Waals surface area contributed by atoms with E-state index < -0.39 is 5.97 Å². The standard InChI is InChI=1S/C21H28ClN3O2/c1-21(2,3)19-15(12-23-16-10-8-14(9-11-16)20(26)27)13-25(24-19)18-7-5-4-6-17(18)22/h4-7,13-14,16,23H,8-12H2,1-3H3,(H,26,27). The number of hydrogen-bond donors (Lipinski definition) is 2. The van der Waals surface area contributed by atoms with Crippen LogP contribution < -0.4 is 5.32 Å². The molecule has 5 nitrogen and oxygen atoms in total. The summed E-state index contributed by atoms with van der Waals surface area (Å²) in [4.78, 5) is 11.1. The Morgan fingerprint density at radius 2 is 1.93 bits per heavy atom. The van der Waals surface area contributed by atoms with Crippen molar-refractivity contribution < 1.29 is 9.90 Å². The highest BCUT2D eigenvalue weighted by molar-refractivity contribution is 6.32. The average molecular weight is 390 g/mol. The third kappa shape index (κ3) is 4.71. The number of carboxylic acids is 1. The van der Waals surface area contributed by atoms with Crippen molar-refractivity contribution >= 4 is 17.6 Å². The summed E-state index contributed by atoms with van der Waals surface area (Å²) in [5.74, 6) is -0.847. The van der Waals surface area contributed by atoms with E-state index in [4.69, 9.17) is 21.8 Å². The summed E-state index contributed by atoms with van der Waals surface area (Å²) in [6.07, 6.45) is 5.36. The second kappa shape index (κ2) is 8.03. The highest BCUT2D eigenvalue weighted by Crippen LogP contribution is 2.29. The van der Waals surface area contributed by atoms with Gasteiger partial charge >= 0.3 is 5.97 Å². The molecule has 0 saturated heterocycles. The van der Waals surface area contributed by atoms with E-state index >= 15 is 0 Å². The van der Waals surface area contributed by atoms with Gasteiger partial charge in [-0.25, -0.2) is 4.68 Å². The normalized spacial score (nSPS) is 20.6. The van der Waals surface area contributed by atoms with Crippen molar-refractivity contribution in [3.05, 3.63) is 46.7 Å². The van der Waals surface area contributed by atoms with Crippen LogP contribution in [0.1, 0.15) is 57.7 Å². The van der Waals surface area contributed by atoms with Gasteiger partial charge in [0, 0.05) is 29.8 Å². The first-order valence-corrected chi connectivity index (χ1v) is 9.93. The predicted octanol–water partition coefficient (Wildman–Crippen LogP) is 4.56. The van der Waals surface area contributed by atoms with E-state index in [1.54, 1.807) is 0 Å². The maximum absolute atomic E-state index is 11.1. The SMILES string of the molecule is CC(C)(C)c1nn(-c2ccccc2Cl)cc1CNC1CCC(C(=O)O)CC1. The highest BCUT2D eigenvalue weighted by atomic mass is 35.5. The molecule has 1 aliphatic rings. The number of benzene rings is 1. The van der Waals surface area contributed by atoms with Gasteiger partial charge in [-0.15, -0.1) is 0 Å². The second-order valence-corrected chi connectivity index (χ2v) is 8.82. The van der Waals surface area contributed by atoms with Crippen molar-refractivity contribution in [3.8, 4) is 5.69 Å². The van der Waals surface area contributed by atoms with Crippen LogP contribution in [0.4, 0.5) is 0 Å². The fourth-order valence-electron chi connectivity index (χ4n) is 3.73. The first-order valence-electron chi connectivity index (χ1n) is 9.56. The Balaban J connectivity index is 1.75. The summed E-state index contributed by atoms with van der Waals surface area (Å²) in [7, 11) is 0. The van der Waals surface area contributed by atoms with Crippen molar-refractivity contribution in [2.24, 2.45) is 5.92 Å². The van der Waals surface area contributed by atoms with Gasteiger partial charge in [0.25, 0.3) is 0 Å². The maximum atomic E-state index is 11.1. The Morgan fingerprint density at radius 1 is 1.26 bits per heavy atom. The fraction of sp³-hybridized carbons (Fsp3) is 0.524. The number of aromatic nitrogens is 2. The summed E-state index contributed by atoms with van der Waals surface area (Å²) < 4.78 is 1.86. The van der Waals surface area contributed by atoms with Crippen molar-refractivity contribution in [2.45, 2.75) is 64.5 Å². The van der Waals surface area contributed by atoms with Gasteiger partial charge in [-0.1, -0.05) is 44.5 Å². The number of carboxylic acid groups (broad SMARTS) is 1. The third-order valence-electron chi connectivity index (χ3n) is 5.26. The van der Waals surface area contributed by atoms with Gasteiger partial charge in [0.1, 0.15) is 0 Å².